The normalized spacial score (nSPS) is 23.0. The van der Waals surface area contributed by atoms with Gasteiger partial charge in [0, 0.05) is 50.4 Å². The number of alkyl halides is 3. The van der Waals surface area contributed by atoms with Crippen molar-refractivity contribution in [1.82, 2.24) is 9.80 Å². The van der Waals surface area contributed by atoms with Crippen molar-refractivity contribution in [3.8, 4) is 0 Å². The third-order valence-electron chi connectivity index (χ3n) is 8.00. The van der Waals surface area contributed by atoms with Crippen molar-refractivity contribution in [2.75, 3.05) is 44.2 Å². The minimum atomic E-state index is -4.42. The SMILES string of the molecule is O=C([C@@H]1c2ccccc2C(=O)N2CCO[C@]12Cc1ccccc1)N1CCN(c2cccc(C(F)(F)F)c2)CC1. The number of anilines is 1. The summed E-state index contributed by atoms with van der Waals surface area (Å²) in [6.07, 6.45) is -4.05. The second-order valence-corrected chi connectivity index (χ2v) is 10.2. The van der Waals surface area contributed by atoms with Gasteiger partial charge in [-0.2, -0.15) is 13.2 Å². The largest absolute Gasteiger partial charge is 0.416 e. The summed E-state index contributed by atoms with van der Waals surface area (Å²) in [4.78, 5) is 33.2. The van der Waals surface area contributed by atoms with Crippen molar-refractivity contribution in [2.24, 2.45) is 0 Å². The number of carbonyl (C=O) groups is 2. The fourth-order valence-corrected chi connectivity index (χ4v) is 6.13. The zero-order chi connectivity index (χ0) is 27.2. The molecule has 0 N–H and O–H groups in total. The van der Waals surface area contributed by atoms with Crippen LogP contribution in [0.5, 0.6) is 0 Å². The van der Waals surface area contributed by atoms with Crippen LogP contribution in [0.2, 0.25) is 0 Å². The summed E-state index contributed by atoms with van der Waals surface area (Å²) in [6.45, 7) is 2.23. The van der Waals surface area contributed by atoms with E-state index < -0.39 is 23.4 Å². The molecule has 3 aliphatic heterocycles. The zero-order valence-electron chi connectivity index (χ0n) is 21.2. The van der Waals surface area contributed by atoms with Crippen LogP contribution in [0.15, 0.2) is 78.9 Å². The third-order valence-corrected chi connectivity index (χ3v) is 8.00. The van der Waals surface area contributed by atoms with Gasteiger partial charge in [0.15, 0.2) is 5.72 Å². The van der Waals surface area contributed by atoms with Crippen molar-refractivity contribution in [3.05, 3.63) is 101 Å². The van der Waals surface area contributed by atoms with Crippen LogP contribution in [-0.4, -0.2) is 66.7 Å². The van der Waals surface area contributed by atoms with Gasteiger partial charge in [-0.1, -0.05) is 54.6 Å². The smallest absolute Gasteiger partial charge is 0.368 e. The molecule has 3 heterocycles. The van der Waals surface area contributed by atoms with Crippen LogP contribution in [0.4, 0.5) is 18.9 Å². The Hall–Kier alpha value is -3.85. The first-order valence-corrected chi connectivity index (χ1v) is 13.1. The number of nitrogens with zero attached hydrogens (tertiary/aromatic N) is 3. The Morgan fingerprint density at radius 2 is 1.62 bits per heavy atom. The maximum absolute atomic E-state index is 14.3. The van der Waals surface area contributed by atoms with E-state index in [4.69, 9.17) is 4.74 Å². The second-order valence-electron chi connectivity index (χ2n) is 10.2. The summed E-state index contributed by atoms with van der Waals surface area (Å²) in [7, 11) is 0. The van der Waals surface area contributed by atoms with Gasteiger partial charge in [0.25, 0.3) is 5.91 Å². The molecule has 9 heteroatoms. The van der Waals surface area contributed by atoms with Gasteiger partial charge in [0.05, 0.1) is 12.2 Å². The average Bonchev–Trinajstić information content (AvgIpc) is 3.37. The molecule has 2 amide bonds. The summed E-state index contributed by atoms with van der Waals surface area (Å²) in [6, 6.07) is 22.2. The number of hydrogen-bond acceptors (Lipinski definition) is 4. The molecule has 6 rings (SSSR count). The lowest BCUT2D eigenvalue weighted by atomic mass is 9.76. The molecule has 39 heavy (non-hydrogen) atoms. The highest BCUT2D eigenvalue weighted by atomic mass is 19.4. The monoisotopic (exact) mass is 535 g/mol. The molecule has 2 fully saturated rings. The Bertz CT molecular complexity index is 1390. The fraction of sp³-hybridized carbons (Fsp3) is 0.333. The van der Waals surface area contributed by atoms with E-state index in [9.17, 15) is 22.8 Å². The van der Waals surface area contributed by atoms with E-state index in [2.05, 4.69) is 0 Å². The molecule has 2 saturated heterocycles. The number of hydrogen-bond donors (Lipinski definition) is 0. The van der Waals surface area contributed by atoms with Gasteiger partial charge in [-0.15, -0.1) is 0 Å². The molecule has 0 aromatic heterocycles. The number of halogens is 3. The van der Waals surface area contributed by atoms with Crippen molar-refractivity contribution in [3.63, 3.8) is 0 Å². The van der Waals surface area contributed by atoms with Crippen LogP contribution in [0.3, 0.4) is 0 Å². The molecule has 0 bridgehead atoms. The molecule has 3 aromatic carbocycles. The number of carbonyl (C=O) groups excluding carboxylic acids is 2. The Labute approximate surface area is 224 Å². The molecule has 0 spiro atoms. The number of ether oxygens (including phenoxy) is 1. The number of rotatable bonds is 4. The first-order valence-electron chi connectivity index (χ1n) is 13.1. The highest BCUT2D eigenvalue weighted by molar-refractivity contribution is 6.02. The Balaban J connectivity index is 1.30. The van der Waals surface area contributed by atoms with Crippen LogP contribution in [0.25, 0.3) is 0 Å². The molecular formula is C30H28F3N3O3. The number of piperazine rings is 1. The van der Waals surface area contributed by atoms with Gasteiger partial charge in [-0.25, -0.2) is 0 Å². The third kappa shape index (κ3) is 4.44. The molecule has 0 unspecified atom stereocenters. The standard InChI is InChI=1S/C30H28F3N3O3/c31-30(32,33)22-9-6-10-23(19-22)34-13-15-35(16-14-34)28(38)26-24-11-4-5-12-25(24)27(37)36-17-18-39-29(26,36)20-21-7-2-1-3-8-21/h1-12,19,26H,13-18,20H2/t26-,29+/m0/s1. The summed E-state index contributed by atoms with van der Waals surface area (Å²) in [5.74, 6) is -1.01. The Morgan fingerprint density at radius 3 is 2.36 bits per heavy atom. The van der Waals surface area contributed by atoms with Gasteiger partial charge in [-0.05, 0) is 35.4 Å². The summed E-state index contributed by atoms with van der Waals surface area (Å²) in [5.41, 5.74) is 0.764. The van der Waals surface area contributed by atoms with Crippen molar-refractivity contribution < 1.29 is 27.5 Å². The maximum Gasteiger partial charge on any atom is 0.416 e. The van der Waals surface area contributed by atoms with E-state index in [-0.39, 0.29) is 11.8 Å². The molecule has 0 saturated carbocycles. The summed E-state index contributed by atoms with van der Waals surface area (Å²) < 4.78 is 46.1. The quantitative estimate of drug-likeness (QED) is 0.492. The van der Waals surface area contributed by atoms with Gasteiger partial charge in [0.2, 0.25) is 5.91 Å². The minimum absolute atomic E-state index is 0.138. The first kappa shape index (κ1) is 25.4. The lowest BCUT2D eigenvalue weighted by molar-refractivity contribution is -0.150. The number of benzene rings is 3. The first-order chi connectivity index (χ1) is 18.8. The van der Waals surface area contributed by atoms with E-state index >= 15 is 0 Å². The highest BCUT2D eigenvalue weighted by Gasteiger charge is 2.59. The number of amides is 2. The van der Waals surface area contributed by atoms with Crippen LogP contribution in [-0.2, 0) is 22.1 Å². The van der Waals surface area contributed by atoms with Crippen LogP contribution >= 0.6 is 0 Å². The second kappa shape index (κ2) is 9.72. The van der Waals surface area contributed by atoms with Crippen LogP contribution < -0.4 is 4.90 Å². The molecule has 2 atom stereocenters. The molecular weight excluding hydrogens is 507 g/mol. The van der Waals surface area contributed by atoms with E-state index in [0.29, 0.717) is 62.6 Å². The van der Waals surface area contributed by atoms with Crippen molar-refractivity contribution >= 4 is 17.5 Å². The van der Waals surface area contributed by atoms with E-state index in [1.165, 1.54) is 6.07 Å². The van der Waals surface area contributed by atoms with Crippen molar-refractivity contribution in [1.29, 1.82) is 0 Å². The van der Waals surface area contributed by atoms with E-state index in [1.807, 2.05) is 47.4 Å². The molecule has 0 radical (unpaired) electrons. The predicted octanol–water partition coefficient (Wildman–Crippen LogP) is 4.56. The summed E-state index contributed by atoms with van der Waals surface area (Å²) in [5, 5.41) is 0. The zero-order valence-corrected chi connectivity index (χ0v) is 21.2. The molecule has 0 aliphatic carbocycles. The average molecular weight is 536 g/mol. The Kier molecular flexibility index (Phi) is 6.33. The van der Waals surface area contributed by atoms with Gasteiger partial charge in [0.1, 0.15) is 5.92 Å². The fourth-order valence-electron chi connectivity index (χ4n) is 6.13. The van der Waals surface area contributed by atoms with Crippen molar-refractivity contribution in [2.45, 2.75) is 24.2 Å². The van der Waals surface area contributed by atoms with Gasteiger partial charge < -0.3 is 19.4 Å². The molecule has 202 valence electrons. The minimum Gasteiger partial charge on any atom is -0.368 e. The van der Waals surface area contributed by atoms with Gasteiger partial charge in [-0.3, -0.25) is 9.59 Å². The Morgan fingerprint density at radius 1 is 0.897 bits per heavy atom. The lowest BCUT2D eigenvalue weighted by Crippen LogP contribution is -2.62. The van der Waals surface area contributed by atoms with Crippen LogP contribution in [0, 0.1) is 0 Å². The van der Waals surface area contributed by atoms with Crippen LogP contribution in [0.1, 0.15) is 33.0 Å². The van der Waals surface area contributed by atoms with Gasteiger partial charge >= 0.3 is 6.18 Å². The molecule has 6 nitrogen and oxygen atoms in total. The number of fused-ring (bicyclic) bond motifs is 2. The summed E-state index contributed by atoms with van der Waals surface area (Å²) >= 11 is 0. The lowest BCUT2D eigenvalue weighted by Gasteiger charge is -2.48. The maximum atomic E-state index is 14.3. The molecule has 3 aliphatic rings. The topological polar surface area (TPSA) is 53.1 Å². The predicted molar refractivity (Wildman–Crippen MR) is 139 cm³/mol. The van der Waals surface area contributed by atoms with E-state index in [0.717, 1.165) is 17.7 Å². The van der Waals surface area contributed by atoms with E-state index in [1.54, 1.807) is 28.0 Å². The molecule has 3 aromatic rings. The highest BCUT2D eigenvalue weighted by Crippen LogP contribution is 2.47.